The van der Waals surface area contributed by atoms with E-state index in [9.17, 15) is 0 Å². The average molecular weight is 319 g/mol. The van der Waals surface area contributed by atoms with E-state index >= 15 is 0 Å². The van der Waals surface area contributed by atoms with Gasteiger partial charge in [-0.15, -0.1) is 11.3 Å². The van der Waals surface area contributed by atoms with Crippen LogP contribution in [0.2, 0.25) is 0 Å². The second kappa shape index (κ2) is 6.51. The molecule has 0 aliphatic carbocycles. The van der Waals surface area contributed by atoms with Crippen LogP contribution in [0.3, 0.4) is 0 Å². The number of rotatable bonds is 6. The number of para-hydroxylation sites is 1. The molecule has 21 heavy (non-hydrogen) atoms. The monoisotopic (exact) mass is 319 g/mol. The fourth-order valence-electron chi connectivity index (χ4n) is 2.11. The van der Waals surface area contributed by atoms with Crippen molar-refractivity contribution in [1.29, 1.82) is 0 Å². The molecular weight excluding hydrogens is 302 g/mol. The summed E-state index contributed by atoms with van der Waals surface area (Å²) in [6.07, 6.45) is 2.08. The molecule has 3 aromatic rings. The van der Waals surface area contributed by atoms with Crippen molar-refractivity contribution < 1.29 is 4.74 Å². The second-order valence-electron chi connectivity index (χ2n) is 4.45. The zero-order valence-electron chi connectivity index (χ0n) is 12.0. The minimum absolute atomic E-state index is 0.811. The van der Waals surface area contributed by atoms with Crippen molar-refractivity contribution in [2.75, 3.05) is 13.7 Å². The first-order valence-electron chi connectivity index (χ1n) is 6.79. The zero-order valence-corrected chi connectivity index (χ0v) is 13.6. The molecule has 4 nitrogen and oxygen atoms in total. The van der Waals surface area contributed by atoms with Crippen molar-refractivity contribution in [2.45, 2.75) is 23.4 Å². The molecule has 110 valence electrons. The van der Waals surface area contributed by atoms with Crippen LogP contribution >= 0.6 is 23.1 Å². The molecule has 1 N–H and O–H groups in total. The predicted octanol–water partition coefficient (Wildman–Crippen LogP) is 3.67. The van der Waals surface area contributed by atoms with Gasteiger partial charge in [-0.1, -0.05) is 30.8 Å². The van der Waals surface area contributed by atoms with E-state index in [0.29, 0.717) is 0 Å². The summed E-state index contributed by atoms with van der Waals surface area (Å²) in [5, 5.41) is 6.49. The normalized spacial score (nSPS) is 11.1. The van der Waals surface area contributed by atoms with Gasteiger partial charge in [0.1, 0.15) is 10.8 Å². The van der Waals surface area contributed by atoms with Crippen molar-refractivity contribution in [2.24, 2.45) is 0 Å². The van der Waals surface area contributed by atoms with Crippen LogP contribution in [-0.4, -0.2) is 23.0 Å². The molecule has 0 bridgehead atoms. The van der Waals surface area contributed by atoms with Crippen molar-refractivity contribution in [1.82, 2.24) is 14.7 Å². The second-order valence-corrected chi connectivity index (χ2v) is 6.36. The van der Waals surface area contributed by atoms with E-state index in [4.69, 9.17) is 9.72 Å². The summed E-state index contributed by atoms with van der Waals surface area (Å²) in [4.78, 5) is 6.86. The third-order valence-corrected chi connectivity index (χ3v) is 4.98. The highest BCUT2D eigenvalue weighted by Crippen LogP contribution is 2.36. The number of nitrogens with zero attached hydrogens (tertiary/aromatic N) is 2. The first-order chi connectivity index (χ1) is 10.3. The molecular formula is C15H17N3OS2. The molecule has 0 atom stereocenters. The quantitative estimate of drug-likeness (QED) is 0.752. The smallest absolute Gasteiger partial charge is 0.194 e. The Bertz CT molecular complexity index is 735. The van der Waals surface area contributed by atoms with Crippen molar-refractivity contribution in [3.05, 3.63) is 41.5 Å². The lowest BCUT2D eigenvalue weighted by atomic mass is 10.3. The number of ether oxygens (including phenoxy) is 1. The van der Waals surface area contributed by atoms with Crippen LogP contribution < -0.4 is 10.1 Å². The van der Waals surface area contributed by atoms with E-state index in [2.05, 4.69) is 34.3 Å². The number of benzene rings is 1. The number of hydrogen-bond acceptors (Lipinski definition) is 5. The molecule has 0 radical (unpaired) electrons. The number of fused-ring (bicyclic) bond motifs is 1. The van der Waals surface area contributed by atoms with Gasteiger partial charge in [-0.2, -0.15) is 0 Å². The van der Waals surface area contributed by atoms with Crippen molar-refractivity contribution in [3.8, 4) is 5.75 Å². The topological polar surface area (TPSA) is 38.6 Å². The summed E-state index contributed by atoms with van der Waals surface area (Å²) in [6, 6.07) is 8.04. The van der Waals surface area contributed by atoms with Crippen LogP contribution in [0.15, 0.2) is 45.8 Å². The summed E-state index contributed by atoms with van der Waals surface area (Å²) in [5.41, 5.74) is 1.20. The maximum Gasteiger partial charge on any atom is 0.194 e. The highest BCUT2D eigenvalue weighted by molar-refractivity contribution is 7.99. The molecule has 1 aromatic carbocycles. The largest absolute Gasteiger partial charge is 0.496 e. The first-order valence-corrected chi connectivity index (χ1v) is 8.49. The number of imidazole rings is 1. The number of thiazole rings is 1. The van der Waals surface area contributed by atoms with E-state index in [-0.39, 0.29) is 0 Å². The van der Waals surface area contributed by atoms with Crippen molar-refractivity contribution >= 4 is 28.1 Å². The number of methoxy groups -OCH3 is 1. The summed E-state index contributed by atoms with van der Waals surface area (Å²) in [7, 11) is 1.70. The Labute approximate surface area is 132 Å². The Kier molecular flexibility index (Phi) is 4.48. The first kappa shape index (κ1) is 14.4. The van der Waals surface area contributed by atoms with Gasteiger partial charge in [0.25, 0.3) is 0 Å². The van der Waals surface area contributed by atoms with Gasteiger partial charge in [0.05, 0.1) is 17.7 Å². The molecule has 0 unspecified atom stereocenters. The van der Waals surface area contributed by atoms with Gasteiger partial charge in [-0.05, 0) is 18.7 Å². The molecule has 2 heterocycles. The Balaban J connectivity index is 1.97. The standard InChI is InChI=1S/C15H17N3OS2/c1-3-16-10-11-14(17-15-18(11)8-9-20-15)21-13-7-5-4-6-12(13)19-2/h4-9,16H,3,10H2,1-2H3. The number of nitrogens with one attached hydrogen (secondary N) is 1. The van der Waals surface area contributed by atoms with Gasteiger partial charge >= 0.3 is 0 Å². The Hall–Kier alpha value is -1.50. The van der Waals surface area contributed by atoms with E-state index < -0.39 is 0 Å². The van der Waals surface area contributed by atoms with Gasteiger partial charge in [0, 0.05) is 18.1 Å². The lowest BCUT2D eigenvalue weighted by Crippen LogP contribution is -2.13. The van der Waals surface area contributed by atoms with E-state index in [1.54, 1.807) is 30.2 Å². The minimum Gasteiger partial charge on any atom is -0.496 e. The van der Waals surface area contributed by atoms with Gasteiger partial charge in [0.2, 0.25) is 0 Å². The molecule has 2 aromatic heterocycles. The van der Waals surface area contributed by atoms with Crippen LogP contribution in [0.5, 0.6) is 5.75 Å². The molecule has 0 amide bonds. The van der Waals surface area contributed by atoms with Gasteiger partial charge in [-0.25, -0.2) is 4.98 Å². The van der Waals surface area contributed by atoms with Crippen LogP contribution in [0.25, 0.3) is 4.96 Å². The Morgan fingerprint density at radius 3 is 3.05 bits per heavy atom. The fraction of sp³-hybridized carbons (Fsp3) is 0.267. The van der Waals surface area contributed by atoms with E-state index in [0.717, 1.165) is 33.7 Å². The molecule has 0 aliphatic heterocycles. The summed E-state index contributed by atoms with van der Waals surface area (Å²) >= 11 is 3.31. The Morgan fingerprint density at radius 1 is 1.38 bits per heavy atom. The summed E-state index contributed by atoms with van der Waals surface area (Å²) in [6.45, 7) is 3.86. The summed E-state index contributed by atoms with van der Waals surface area (Å²) < 4.78 is 7.58. The molecule has 0 spiro atoms. The Morgan fingerprint density at radius 2 is 2.24 bits per heavy atom. The maximum atomic E-state index is 5.43. The van der Waals surface area contributed by atoms with Crippen LogP contribution in [0.1, 0.15) is 12.6 Å². The number of aromatic nitrogens is 2. The highest BCUT2D eigenvalue weighted by atomic mass is 32.2. The van der Waals surface area contributed by atoms with E-state index in [1.807, 2.05) is 18.2 Å². The molecule has 0 fully saturated rings. The molecule has 3 rings (SSSR count). The molecule has 6 heteroatoms. The van der Waals surface area contributed by atoms with Crippen LogP contribution in [0.4, 0.5) is 0 Å². The van der Waals surface area contributed by atoms with Gasteiger partial charge in [-0.3, -0.25) is 4.40 Å². The SMILES string of the molecule is CCNCc1c(Sc2ccccc2OC)nc2sccn12. The fourth-order valence-corrected chi connectivity index (χ4v) is 3.92. The van der Waals surface area contributed by atoms with Crippen molar-refractivity contribution in [3.63, 3.8) is 0 Å². The van der Waals surface area contributed by atoms with Gasteiger partial charge < -0.3 is 10.1 Å². The lowest BCUT2D eigenvalue weighted by Gasteiger charge is -2.08. The van der Waals surface area contributed by atoms with Crippen LogP contribution in [0, 0.1) is 0 Å². The predicted molar refractivity (Wildman–Crippen MR) is 87.6 cm³/mol. The maximum absolute atomic E-state index is 5.43. The molecule has 0 saturated heterocycles. The number of hydrogen-bond donors (Lipinski definition) is 1. The lowest BCUT2D eigenvalue weighted by molar-refractivity contribution is 0.405. The van der Waals surface area contributed by atoms with E-state index in [1.165, 1.54) is 5.69 Å². The zero-order chi connectivity index (χ0) is 14.7. The highest BCUT2D eigenvalue weighted by Gasteiger charge is 2.15. The third kappa shape index (κ3) is 2.92. The van der Waals surface area contributed by atoms with Gasteiger partial charge in [0.15, 0.2) is 4.96 Å². The summed E-state index contributed by atoms with van der Waals surface area (Å²) in [5.74, 6) is 0.883. The third-order valence-electron chi connectivity index (χ3n) is 3.14. The molecule has 0 aliphatic rings. The average Bonchev–Trinajstić information content (AvgIpc) is 3.07. The minimum atomic E-state index is 0.811. The van der Waals surface area contributed by atoms with Crippen LogP contribution in [-0.2, 0) is 6.54 Å². The molecule has 0 saturated carbocycles.